The summed E-state index contributed by atoms with van der Waals surface area (Å²) in [6.07, 6.45) is 2.71. The van der Waals surface area contributed by atoms with Crippen LogP contribution in [0.5, 0.6) is 0 Å². The second-order valence-electron chi connectivity index (χ2n) is 5.53. The number of carbonyl (C=O) groups is 1. The molecular weight excluding hydrogens is 264 g/mol. The van der Waals surface area contributed by atoms with Crippen molar-refractivity contribution in [1.29, 1.82) is 0 Å². The van der Waals surface area contributed by atoms with Crippen LogP contribution in [0.25, 0.3) is 0 Å². The van der Waals surface area contributed by atoms with Gasteiger partial charge in [0.25, 0.3) is 0 Å². The first-order valence-corrected chi connectivity index (χ1v) is 7.35. The zero-order valence-electron chi connectivity index (χ0n) is 12.1. The number of rotatable bonds is 6. The Kier molecular flexibility index (Phi) is 4.06. The van der Waals surface area contributed by atoms with Crippen molar-refractivity contribution in [1.82, 2.24) is 10.6 Å². The van der Waals surface area contributed by atoms with Gasteiger partial charge in [0, 0.05) is 12.5 Å². The van der Waals surface area contributed by atoms with E-state index in [9.17, 15) is 4.79 Å². The largest absolute Gasteiger partial charge is 0.467 e. The average Bonchev–Trinajstić information content (AvgIpc) is 2.98. The highest BCUT2D eigenvalue weighted by Gasteiger charge is 2.26. The Hall–Kier alpha value is -2.07. The third-order valence-electron chi connectivity index (χ3n) is 4.04. The van der Waals surface area contributed by atoms with E-state index in [1.807, 2.05) is 19.1 Å². The fraction of sp³-hybridized carbons (Fsp3) is 0.353. The minimum absolute atomic E-state index is 0.000918. The monoisotopic (exact) mass is 284 g/mol. The maximum atomic E-state index is 12.0. The Bertz CT molecular complexity index is 607. The van der Waals surface area contributed by atoms with Gasteiger partial charge in [-0.25, -0.2) is 0 Å². The molecule has 0 saturated carbocycles. The molecule has 2 unspecified atom stereocenters. The molecule has 1 amide bonds. The molecule has 1 aliphatic carbocycles. The summed E-state index contributed by atoms with van der Waals surface area (Å²) in [5.74, 6) is 1.30. The van der Waals surface area contributed by atoms with Crippen molar-refractivity contribution in [3.63, 3.8) is 0 Å². The van der Waals surface area contributed by atoms with Gasteiger partial charge in [-0.15, -0.1) is 0 Å². The molecule has 1 heterocycles. The molecular formula is C17H20N2O2. The first-order valence-electron chi connectivity index (χ1n) is 7.35. The van der Waals surface area contributed by atoms with E-state index in [-0.39, 0.29) is 11.9 Å². The van der Waals surface area contributed by atoms with Crippen molar-refractivity contribution < 1.29 is 9.21 Å². The molecule has 2 aromatic rings. The van der Waals surface area contributed by atoms with Gasteiger partial charge < -0.3 is 15.1 Å². The van der Waals surface area contributed by atoms with Gasteiger partial charge in [-0.3, -0.25) is 4.79 Å². The molecule has 2 N–H and O–H groups in total. The van der Waals surface area contributed by atoms with E-state index in [1.54, 1.807) is 6.26 Å². The fourth-order valence-corrected chi connectivity index (χ4v) is 2.70. The lowest BCUT2D eigenvalue weighted by molar-refractivity contribution is -0.123. The van der Waals surface area contributed by atoms with Gasteiger partial charge in [-0.1, -0.05) is 24.3 Å². The highest BCUT2D eigenvalue weighted by atomic mass is 16.3. The minimum atomic E-state index is -0.201. The predicted octanol–water partition coefficient (Wildman–Crippen LogP) is 2.21. The number of nitrogens with one attached hydrogen (secondary N) is 2. The van der Waals surface area contributed by atoms with Crippen molar-refractivity contribution in [2.24, 2.45) is 0 Å². The molecule has 1 aromatic heterocycles. The minimum Gasteiger partial charge on any atom is -0.467 e. The van der Waals surface area contributed by atoms with Crippen LogP contribution >= 0.6 is 0 Å². The Labute approximate surface area is 124 Å². The Balaban J connectivity index is 1.42. The molecule has 0 aliphatic heterocycles. The molecule has 0 radical (unpaired) electrons. The lowest BCUT2D eigenvalue weighted by Gasteiger charge is -2.31. The van der Waals surface area contributed by atoms with Gasteiger partial charge in [-0.2, -0.15) is 0 Å². The summed E-state index contributed by atoms with van der Waals surface area (Å²) in [4.78, 5) is 12.0. The van der Waals surface area contributed by atoms with E-state index in [4.69, 9.17) is 4.42 Å². The first-order chi connectivity index (χ1) is 10.2. The Morgan fingerprint density at radius 3 is 2.95 bits per heavy atom. The fourth-order valence-electron chi connectivity index (χ4n) is 2.70. The molecule has 1 aliphatic rings. The van der Waals surface area contributed by atoms with Gasteiger partial charge in [0.1, 0.15) is 5.76 Å². The van der Waals surface area contributed by atoms with Crippen molar-refractivity contribution in [3.8, 4) is 0 Å². The van der Waals surface area contributed by atoms with Crippen LogP contribution in [-0.4, -0.2) is 18.5 Å². The van der Waals surface area contributed by atoms with Gasteiger partial charge in [-0.05, 0) is 36.6 Å². The van der Waals surface area contributed by atoms with E-state index >= 15 is 0 Å². The summed E-state index contributed by atoms with van der Waals surface area (Å²) in [5.41, 5.74) is 2.84. The summed E-state index contributed by atoms with van der Waals surface area (Å²) in [6.45, 7) is 3.17. The van der Waals surface area contributed by atoms with Gasteiger partial charge >= 0.3 is 0 Å². The second kappa shape index (κ2) is 6.14. The molecule has 0 fully saturated rings. The summed E-state index contributed by atoms with van der Waals surface area (Å²) in [6, 6.07) is 12.0. The van der Waals surface area contributed by atoms with E-state index in [0.29, 0.717) is 12.5 Å². The number of benzene rings is 1. The van der Waals surface area contributed by atoms with E-state index in [1.165, 1.54) is 11.1 Å². The molecule has 4 nitrogen and oxygen atoms in total. The Morgan fingerprint density at radius 2 is 2.19 bits per heavy atom. The van der Waals surface area contributed by atoms with Crippen LogP contribution in [-0.2, 0) is 17.8 Å². The molecule has 0 spiro atoms. The molecule has 2 atom stereocenters. The third kappa shape index (κ3) is 3.16. The summed E-state index contributed by atoms with van der Waals surface area (Å²) < 4.78 is 5.19. The maximum absolute atomic E-state index is 12.0. The zero-order valence-corrected chi connectivity index (χ0v) is 12.1. The van der Waals surface area contributed by atoms with Crippen LogP contribution in [0.4, 0.5) is 0 Å². The highest BCUT2D eigenvalue weighted by Crippen LogP contribution is 2.33. The number of fused-ring (bicyclic) bond motifs is 1. The quantitative estimate of drug-likeness (QED) is 0.855. The standard InChI is InChI=1S/C17H20N2O2/c1-12(17(20)19-11-15-6-4-8-21-15)18-10-14-9-13-5-2-3-7-16(13)14/h2-8,12,14,18H,9-11H2,1H3,(H,19,20). The van der Waals surface area contributed by atoms with Crippen molar-refractivity contribution in [2.75, 3.05) is 6.54 Å². The lowest BCUT2D eigenvalue weighted by atomic mass is 9.77. The van der Waals surface area contributed by atoms with Crippen LogP contribution < -0.4 is 10.6 Å². The lowest BCUT2D eigenvalue weighted by Crippen LogP contribution is -2.44. The topological polar surface area (TPSA) is 54.3 Å². The van der Waals surface area contributed by atoms with Crippen LogP contribution in [0.2, 0.25) is 0 Å². The number of carbonyl (C=O) groups excluding carboxylic acids is 1. The van der Waals surface area contributed by atoms with Crippen molar-refractivity contribution in [2.45, 2.75) is 31.8 Å². The Morgan fingerprint density at radius 1 is 1.33 bits per heavy atom. The zero-order chi connectivity index (χ0) is 14.7. The van der Waals surface area contributed by atoms with Crippen LogP contribution in [0.1, 0.15) is 29.7 Å². The molecule has 0 bridgehead atoms. The predicted molar refractivity (Wildman–Crippen MR) is 80.9 cm³/mol. The smallest absolute Gasteiger partial charge is 0.237 e. The number of furan rings is 1. The SMILES string of the molecule is CC(NCC1Cc2ccccc21)C(=O)NCc1ccco1. The van der Waals surface area contributed by atoms with Crippen LogP contribution in [0.15, 0.2) is 47.1 Å². The van der Waals surface area contributed by atoms with E-state index < -0.39 is 0 Å². The van der Waals surface area contributed by atoms with Crippen LogP contribution in [0, 0.1) is 0 Å². The van der Waals surface area contributed by atoms with Crippen molar-refractivity contribution in [3.05, 3.63) is 59.5 Å². The summed E-state index contributed by atoms with van der Waals surface area (Å²) >= 11 is 0. The average molecular weight is 284 g/mol. The number of amides is 1. The third-order valence-corrected chi connectivity index (χ3v) is 4.04. The van der Waals surface area contributed by atoms with Gasteiger partial charge in [0.05, 0.1) is 18.8 Å². The molecule has 3 rings (SSSR count). The molecule has 0 saturated heterocycles. The van der Waals surface area contributed by atoms with Gasteiger partial charge in [0.15, 0.2) is 0 Å². The first kappa shape index (κ1) is 13.9. The van der Waals surface area contributed by atoms with Crippen molar-refractivity contribution >= 4 is 5.91 Å². The number of hydrogen-bond acceptors (Lipinski definition) is 3. The normalized spacial score (nSPS) is 17.7. The summed E-state index contributed by atoms with van der Waals surface area (Å²) in [7, 11) is 0. The summed E-state index contributed by atoms with van der Waals surface area (Å²) in [5, 5.41) is 6.18. The molecule has 1 aromatic carbocycles. The van der Waals surface area contributed by atoms with Gasteiger partial charge in [0.2, 0.25) is 5.91 Å². The molecule has 4 heteroatoms. The second-order valence-corrected chi connectivity index (χ2v) is 5.53. The van der Waals surface area contributed by atoms with E-state index in [2.05, 4.69) is 34.9 Å². The molecule has 21 heavy (non-hydrogen) atoms. The highest BCUT2D eigenvalue weighted by molar-refractivity contribution is 5.81. The van der Waals surface area contributed by atoms with Crippen LogP contribution in [0.3, 0.4) is 0 Å². The number of hydrogen-bond donors (Lipinski definition) is 2. The maximum Gasteiger partial charge on any atom is 0.237 e. The molecule has 110 valence electrons. The van der Waals surface area contributed by atoms with E-state index in [0.717, 1.165) is 18.7 Å².